The monoisotopic (exact) mass is 269 g/mol. The molecule has 0 bridgehead atoms. The molecule has 3 heterocycles. The fraction of sp³-hybridized carbons (Fsp3) is 0.250. The average Bonchev–Trinajstić information content (AvgIpc) is 3.05. The fourth-order valence-electron chi connectivity index (χ4n) is 3.00. The van der Waals surface area contributed by atoms with Crippen molar-refractivity contribution in [3.63, 3.8) is 0 Å². The van der Waals surface area contributed by atoms with E-state index in [1.54, 1.807) is 0 Å². The molecule has 96 valence electrons. The van der Waals surface area contributed by atoms with Crippen LogP contribution in [0.1, 0.15) is 23.4 Å². The highest BCUT2D eigenvalue weighted by Crippen LogP contribution is 2.45. The number of aromatic nitrogens is 1. The molecule has 2 aromatic heterocycles. The largest absolute Gasteiger partial charge is 0.491 e. The molecule has 0 fully saturated rings. The maximum absolute atomic E-state index is 5.99. The number of ether oxygens (including phenoxy) is 1. The van der Waals surface area contributed by atoms with E-state index >= 15 is 0 Å². The fourth-order valence-corrected chi connectivity index (χ4v) is 3.97. The molecular formula is C16H15NOS. The van der Waals surface area contributed by atoms with Gasteiger partial charge in [-0.2, -0.15) is 0 Å². The first kappa shape index (κ1) is 11.1. The quantitative estimate of drug-likeness (QED) is 0.696. The third-order valence-electron chi connectivity index (χ3n) is 3.91. The number of H-pyrrole nitrogens is 1. The Morgan fingerprint density at radius 3 is 2.95 bits per heavy atom. The zero-order valence-corrected chi connectivity index (χ0v) is 11.5. The lowest BCUT2D eigenvalue weighted by Crippen LogP contribution is -2.23. The molecule has 2 nitrogen and oxygen atoms in total. The van der Waals surface area contributed by atoms with Crippen molar-refractivity contribution >= 4 is 22.2 Å². The van der Waals surface area contributed by atoms with E-state index in [1.807, 2.05) is 11.3 Å². The predicted octanol–water partition coefficient (Wildman–Crippen LogP) is 4.39. The van der Waals surface area contributed by atoms with Gasteiger partial charge in [0.15, 0.2) is 0 Å². The standard InChI is InChI=1S/C16H15NOS/c1-10-9-18-16-11-5-2-3-6-12(11)17-15(16)14(10)13-7-4-8-19-13/h2-8,10,14,17H,9H2,1H3/t10-,14-/m0/s1. The lowest BCUT2D eigenvalue weighted by molar-refractivity contribution is 0.220. The Balaban J connectivity index is 1.95. The summed E-state index contributed by atoms with van der Waals surface area (Å²) in [5, 5.41) is 3.35. The Labute approximate surface area is 116 Å². The molecule has 19 heavy (non-hydrogen) atoms. The predicted molar refractivity (Wildman–Crippen MR) is 79.1 cm³/mol. The number of aromatic amines is 1. The number of hydrogen-bond acceptors (Lipinski definition) is 2. The number of para-hydroxylation sites is 1. The van der Waals surface area contributed by atoms with Gasteiger partial charge in [-0.1, -0.05) is 25.1 Å². The van der Waals surface area contributed by atoms with Crippen molar-refractivity contribution in [2.24, 2.45) is 5.92 Å². The summed E-state index contributed by atoms with van der Waals surface area (Å²) < 4.78 is 5.99. The molecule has 4 rings (SSSR count). The van der Waals surface area contributed by atoms with Gasteiger partial charge in [0.05, 0.1) is 12.3 Å². The summed E-state index contributed by atoms with van der Waals surface area (Å²) in [4.78, 5) is 4.99. The molecular weight excluding hydrogens is 254 g/mol. The van der Waals surface area contributed by atoms with E-state index < -0.39 is 0 Å². The topological polar surface area (TPSA) is 25.0 Å². The highest BCUT2D eigenvalue weighted by molar-refractivity contribution is 7.10. The van der Waals surface area contributed by atoms with Crippen LogP contribution >= 0.6 is 11.3 Å². The van der Waals surface area contributed by atoms with Gasteiger partial charge in [-0.25, -0.2) is 0 Å². The maximum atomic E-state index is 5.99. The van der Waals surface area contributed by atoms with Crippen molar-refractivity contribution in [1.29, 1.82) is 0 Å². The first-order valence-electron chi connectivity index (χ1n) is 6.61. The molecule has 3 aromatic rings. The van der Waals surface area contributed by atoms with Crippen LogP contribution < -0.4 is 4.74 Å². The van der Waals surface area contributed by atoms with Crippen LogP contribution in [0.4, 0.5) is 0 Å². The summed E-state index contributed by atoms with van der Waals surface area (Å²) in [5.74, 6) is 1.97. The molecule has 1 aliphatic heterocycles. The minimum atomic E-state index is 0.427. The van der Waals surface area contributed by atoms with E-state index in [1.165, 1.54) is 21.5 Å². The van der Waals surface area contributed by atoms with E-state index in [0.29, 0.717) is 11.8 Å². The van der Waals surface area contributed by atoms with Gasteiger partial charge in [0.2, 0.25) is 0 Å². The van der Waals surface area contributed by atoms with Crippen molar-refractivity contribution in [2.45, 2.75) is 12.8 Å². The van der Waals surface area contributed by atoms with Gasteiger partial charge in [-0.05, 0) is 23.6 Å². The molecule has 1 N–H and O–H groups in total. The van der Waals surface area contributed by atoms with E-state index in [0.717, 1.165) is 12.4 Å². The summed E-state index contributed by atoms with van der Waals surface area (Å²) in [6, 6.07) is 12.7. The molecule has 1 aliphatic rings. The van der Waals surface area contributed by atoms with Crippen molar-refractivity contribution in [3.05, 3.63) is 52.3 Å². The average molecular weight is 269 g/mol. The summed E-state index contributed by atoms with van der Waals surface area (Å²) in [5.41, 5.74) is 2.41. The molecule has 0 radical (unpaired) electrons. The van der Waals surface area contributed by atoms with Crippen LogP contribution in [0.15, 0.2) is 41.8 Å². The third-order valence-corrected chi connectivity index (χ3v) is 4.86. The zero-order valence-electron chi connectivity index (χ0n) is 10.7. The van der Waals surface area contributed by atoms with Crippen LogP contribution in [0.25, 0.3) is 10.9 Å². The summed E-state index contributed by atoms with van der Waals surface area (Å²) in [7, 11) is 0. The van der Waals surface area contributed by atoms with E-state index in [2.05, 4.69) is 53.7 Å². The minimum absolute atomic E-state index is 0.427. The number of rotatable bonds is 1. The van der Waals surface area contributed by atoms with Crippen LogP contribution in [-0.2, 0) is 0 Å². The second-order valence-electron chi connectivity index (χ2n) is 5.19. The normalized spacial score (nSPS) is 22.2. The Hall–Kier alpha value is -1.74. The van der Waals surface area contributed by atoms with E-state index in [4.69, 9.17) is 4.74 Å². The third kappa shape index (κ3) is 1.61. The lowest BCUT2D eigenvalue weighted by atomic mass is 9.88. The van der Waals surface area contributed by atoms with Crippen LogP contribution in [0.5, 0.6) is 5.75 Å². The first-order valence-corrected chi connectivity index (χ1v) is 7.49. The molecule has 0 saturated heterocycles. The van der Waals surface area contributed by atoms with E-state index in [-0.39, 0.29) is 0 Å². The number of fused-ring (bicyclic) bond motifs is 3. The van der Waals surface area contributed by atoms with Crippen LogP contribution in [0.3, 0.4) is 0 Å². The molecule has 0 saturated carbocycles. The minimum Gasteiger partial charge on any atom is -0.491 e. The Bertz CT molecular complexity index is 714. The number of thiophene rings is 1. The number of hydrogen-bond donors (Lipinski definition) is 1. The van der Waals surface area contributed by atoms with Gasteiger partial charge in [0.1, 0.15) is 5.75 Å². The highest BCUT2D eigenvalue weighted by atomic mass is 32.1. The molecule has 0 amide bonds. The van der Waals surface area contributed by atoms with Gasteiger partial charge < -0.3 is 9.72 Å². The summed E-state index contributed by atoms with van der Waals surface area (Å²) in [6.45, 7) is 3.05. The van der Waals surface area contributed by atoms with Gasteiger partial charge in [0, 0.05) is 27.6 Å². The highest BCUT2D eigenvalue weighted by Gasteiger charge is 2.32. The smallest absolute Gasteiger partial charge is 0.148 e. The lowest BCUT2D eigenvalue weighted by Gasteiger charge is -2.28. The zero-order chi connectivity index (χ0) is 12.8. The van der Waals surface area contributed by atoms with Crippen molar-refractivity contribution < 1.29 is 4.74 Å². The SMILES string of the molecule is C[C@H]1COc2c([nH]c3ccccc23)[C@@H]1c1cccs1. The van der Waals surface area contributed by atoms with E-state index in [9.17, 15) is 0 Å². The summed E-state index contributed by atoms with van der Waals surface area (Å²) in [6.07, 6.45) is 0. The Kier molecular flexibility index (Phi) is 2.42. The van der Waals surface area contributed by atoms with Crippen LogP contribution in [-0.4, -0.2) is 11.6 Å². The second-order valence-corrected chi connectivity index (χ2v) is 6.17. The van der Waals surface area contributed by atoms with Gasteiger partial charge in [0.25, 0.3) is 0 Å². The number of benzene rings is 1. The first-order chi connectivity index (χ1) is 9.34. The van der Waals surface area contributed by atoms with Gasteiger partial charge in [-0.15, -0.1) is 11.3 Å². The van der Waals surface area contributed by atoms with Gasteiger partial charge in [-0.3, -0.25) is 0 Å². The van der Waals surface area contributed by atoms with Crippen LogP contribution in [0, 0.1) is 5.92 Å². The summed E-state index contributed by atoms with van der Waals surface area (Å²) >= 11 is 1.83. The second kappa shape index (κ2) is 4.14. The molecule has 2 atom stereocenters. The van der Waals surface area contributed by atoms with Crippen LogP contribution in [0.2, 0.25) is 0 Å². The molecule has 1 aromatic carbocycles. The number of nitrogens with one attached hydrogen (secondary N) is 1. The molecule has 0 aliphatic carbocycles. The van der Waals surface area contributed by atoms with Crippen molar-refractivity contribution in [1.82, 2.24) is 4.98 Å². The van der Waals surface area contributed by atoms with Crippen molar-refractivity contribution in [2.75, 3.05) is 6.61 Å². The molecule has 0 spiro atoms. The Morgan fingerprint density at radius 1 is 1.21 bits per heavy atom. The maximum Gasteiger partial charge on any atom is 0.148 e. The Morgan fingerprint density at radius 2 is 2.11 bits per heavy atom. The van der Waals surface area contributed by atoms with Gasteiger partial charge >= 0.3 is 0 Å². The molecule has 3 heteroatoms. The molecule has 0 unspecified atom stereocenters. The van der Waals surface area contributed by atoms with Crippen molar-refractivity contribution in [3.8, 4) is 5.75 Å².